The molecule has 0 amide bonds. The van der Waals surface area contributed by atoms with Crippen molar-refractivity contribution in [3.63, 3.8) is 0 Å². The summed E-state index contributed by atoms with van der Waals surface area (Å²) in [7, 11) is 1.69. The molecule has 9 nitrogen and oxygen atoms in total. The summed E-state index contributed by atoms with van der Waals surface area (Å²) in [5.41, 5.74) is 5.64. The van der Waals surface area contributed by atoms with Crippen LogP contribution in [0.2, 0.25) is 0 Å². The molecular formula is C25H28N8O. The predicted octanol–water partition coefficient (Wildman–Crippen LogP) is 3.20. The van der Waals surface area contributed by atoms with Crippen molar-refractivity contribution >= 4 is 17.3 Å². The first kappa shape index (κ1) is 22.0. The van der Waals surface area contributed by atoms with Crippen LogP contribution in [-0.4, -0.2) is 64.6 Å². The number of hydrogen-bond donors (Lipinski definition) is 2. The minimum atomic E-state index is 0.536. The van der Waals surface area contributed by atoms with Gasteiger partial charge in [-0.05, 0) is 42.5 Å². The Balaban J connectivity index is 1.39. The molecule has 174 valence electrons. The fraction of sp³-hybridized carbons (Fsp3) is 0.280. The summed E-state index contributed by atoms with van der Waals surface area (Å²) in [4.78, 5) is 15.9. The third-order valence-electron chi connectivity index (χ3n) is 5.76. The van der Waals surface area contributed by atoms with Crippen molar-refractivity contribution in [2.24, 2.45) is 0 Å². The van der Waals surface area contributed by atoms with E-state index in [-0.39, 0.29) is 0 Å². The number of anilines is 3. The Morgan fingerprint density at radius 1 is 1.06 bits per heavy atom. The molecule has 2 N–H and O–H groups in total. The van der Waals surface area contributed by atoms with E-state index in [0.29, 0.717) is 19.1 Å². The molecule has 5 rings (SSSR count). The molecule has 0 aliphatic carbocycles. The summed E-state index contributed by atoms with van der Waals surface area (Å²) in [5.74, 6) is 0.536. The zero-order valence-corrected chi connectivity index (χ0v) is 19.2. The molecule has 0 atom stereocenters. The van der Waals surface area contributed by atoms with E-state index in [9.17, 15) is 0 Å². The smallest absolute Gasteiger partial charge is 0.227 e. The minimum Gasteiger partial charge on any atom is -0.383 e. The van der Waals surface area contributed by atoms with E-state index in [1.807, 2.05) is 35.3 Å². The van der Waals surface area contributed by atoms with Gasteiger partial charge in [0.2, 0.25) is 5.95 Å². The third kappa shape index (κ3) is 5.05. The van der Waals surface area contributed by atoms with Gasteiger partial charge in [0, 0.05) is 80.6 Å². The summed E-state index contributed by atoms with van der Waals surface area (Å²) >= 11 is 0. The highest BCUT2D eigenvalue weighted by Gasteiger charge is 2.16. The molecule has 1 aliphatic rings. The van der Waals surface area contributed by atoms with Gasteiger partial charge in [0.1, 0.15) is 5.69 Å². The molecule has 1 aliphatic heterocycles. The van der Waals surface area contributed by atoms with Gasteiger partial charge in [-0.1, -0.05) is 0 Å². The second-order valence-electron chi connectivity index (χ2n) is 8.06. The SMILES string of the molecule is COCCn1cc(-c2ccnc(Nc3ccc(N4CCNCC4)cc3)n2)c(-c2cccnc2)n1. The van der Waals surface area contributed by atoms with Gasteiger partial charge in [0.25, 0.3) is 0 Å². The lowest BCUT2D eigenvalue weighted by molar-refractivity contribution is 0.183. The lowest BCUT2D eigenvalue weighted by Gasteiger charge is -2.29. The number of aromatic nitrogens is 5. The van der Waals surface area contributed by atoms with Crippen molar-refractivity contribution in [2.45, 2.75) is 6.54 Å². The average Bonchev–Trinajstić information content (AvgIpc) is 3.33. The first-order valence-corrected chi connectivity index (χ1v) is 11.4. The molecule has 0 saturated carbocycles. The Labute approximate surface area is 198 Å². The van der Waals surface area contributed by atoms with Crippen LogP contribution in [0.15, 0.2) is 67.3 Å². The van der Waals surface area contributed by atoms with Crippen molar-refractivity contribution in [1.82, 2.24) is 30.0 Å². The normalized spacial score (nSPS) is 13.7. The predicted molar refractivity (Wildman–Crippen MR) is 133 cm³/mol. The number of rotatable bonds is 8. The summed E-state index contributed by atoms with van der Waals surface area (Å²) < 4.78 is 7.10. The lowest BCUT2D eigenvalue weighted by Crippen LogP contribution is -2.43. The molecule has 4 heterocycles. The molecule has 4 aromatic rings. The van der Waals surface area contributed by atoms with E-state index in [0.717, 1.165) is 54.4 Å². The molecule has 0 bridgehead atoms. The number of benzene rings is 1. The zero-order valence-electron chi connectivity index (χ0n) is 19.2. The first-order chi connectivity index (χ1) is 16.8. The van der Waals surface area contributed by atoms with Crippen LogP contribution in [0.1, 0.15) is 0 Å². The van der Waals surface area contributed by atoms with Gasteiger partial charge in [-0.25, -0.2) is 9.97 Å². The van der Waals surface area contributed by atoms with Crippen LogP contribution in [0.4, 0.5) is 17.3 Å². The third-order valence-corrected chi connectivity index (χ3v) is 5.76. The second-order valence-corrected chi connectivity index (χ2v) is 8.06. The maximum absolute atomic E-state index is 5.22. The average molecular weight is 457 g/mol. The molecule has 1 aromatic carbocycles. The van der Waals surface area contributed by atoms with Gasteiger partial charge in [0.15, 0.2) is 0 Å². The maximum atomic E-state index is 5.22. The number of methoxy groups -OCH3 is 1. The van der Waals surface area contributed by atoms with Crippen LogP contribution in [0, 0.1) is 0 Å². The van der Waals surface area contributed by atoms with Crippen LogP contribution in [0.3, 0.4) is 0 Å². The van der Waals surface area contributed by atoms with Gasteiger partial charge in [-0.3, -0.25) is 9.67 Å². The molecule has 9 heteroatoms. The number of nitrogens with one attached hydrogen (secondary N) is 2. The van der Waals surface area contributed by atoms with Crippen molar-refractivity contribution in [2.75, 3.05) is 50.1 Å². The highest BCUT2D eigenvalue weighted by atomic mass is 16.5. The Morgan fingerprint density at radius 3 is 2.68 bits per heavy atom. The van der Waals surface area contributed by atoms with Gasteiger partial charge in [-0.2, -0.15) is 5.10 Å². The monoisotopic (exact) mass is 456 g/mol. The molecule has 0 spiro atoms. The summed E-state index contributed by atoms with van der Waals surface area (Å²) in [6.45, 7) is 5.31. The Hall–Kier alpha value is -3.82. The van der Waals surface area contributed by atoms with Crippen LogP contribution in [0.25, 0.3) is 22.5 Å². The molecule has 34 heavy (non-hydrogen) atoms. The number of hydrogen-bond acceptors (Lipinski definition) is 8. The Kier molecular flexibility index (Phi) is 6.73. The van der Waals surface area contributed by atoms with Gasteiger partial charge < -0.3 is 20.3 Å². The fourth-order valence-corrected chi connectivity index (χ4v) is 4.00. The van der Waals surface area contributed by atoms with Gasteiger partial charge in [0.05, 0.1) is 18.8 Å². The lowest BCUT2D eigenvalue weighted by atomic mass is 10.1. The fourth-order valence-electron chi connectivity index (χ4n) is 4.00. The van der Waals surface area contributed by atoms with Crippen LogP contribution >= 0.6 is 0 Å². The summed E-state index contributed by atoms with van der Waals surface area (Å²) in [6, 6.07) is 14.2. The number of pyridine rings is 1. The van der Waals surface area contributed by atoms with Crippen molar-refractivity contribution in [3.8, 4) is 22.5 Å². The quantitative estimate of drug-likeness (QED) is 0.418. The molecule has 0 unspecified atom stereocenters. The van der Waals surface area contributed by atoms with Crippen LogP contribution in [-0.2, 0) is 11.3 Å². The van der Waals surface area contributed by atoms with Crippen molar-refractivity contribution < 1.29 is 4.74 Å². The zero-order chi connectivity index (χ0) is 23.2. The molecular weight excluding hydrogens is 428 g/mol. The largest absolute Gasteiger partial charge is 0.383 e. The van der Waals surface area contributed by atoms with E-state index in [1.54, 1.807) is 19.5 Å². The number of piperazine rings is 1. The van der Waals surface area contributed by atoms with E-state index < -0.39 is 0 Å². The van der Waals surface area contributed by atoms with Crippen LogP contribution < -0.4 is 15.5 Å². The van der Waals surface area contributed by atoms with E-state index in [4.69, 9.17) is 14.8 Å². The van der Waals surface area contributed by atoms with E-state index >= 15 is 0 Å². The van der Waals surface area contributed by atoms with Crippen LogP contribution in [0.5, 0.6) is 0 Å². The Morgan fingerprint density at radius 2 is 1.91 bits per heavy atom. The summed E-state index contributed by atoms with van der Waals surface area (Å²) in [6.07, 6.45) is 7.33. The first-order valence-electron chi connectivity index (χ1n) is 11.4. The Bertz CT molecular complexity index is 1200. The van der Waals surface area contributed by atoms with E-state index in [1.165, 1.54) is 5.69 Å². The van der Waals surface area contributed by atoms with Gasteiger partial charge in [-0.15, -0.1) is 0 Å². The molecule has 0 radical (unpaired) electrons. The topological polar surface area (TPSA) is 93.0 Å². The molecule has 1 saturated heterocycles. The minimum absolute atomic E-state index is 0.536. The standard InChI is InChI=1S/C25H28N8O/c1-34-16-15-33-18-22(24(31-33)19-3-2-9-27-17-19)23-8-10-28-25(30-23)29-20-4-6-21(7-5-20)32-13-11-26-12-14-32/h2-10,17-18,26H,11-16H2,1H3,(H,28,29,30). The molecule has 1 fully saturated rings. The second kappa shape index (κ2) is 10.4. The molecule has 3 aromatic heterocycles. The van der Waals surface area contributed by atoms with Gasteiger partial charge >= 0.3 is 0 Å². The van der Waals surface area contributed by atoms with Crippen molar-refractivity contribution in [3.05, 3.63) is 67.3 Å². The maximum Gasteiger partial charge on any atom is 0.227 e. The highest BCUT2D eigenvalue weighted by Crippen LogP contribution is 2.30. The number of ether oxygens (including phenoxy) is 1. The van der Waals surface area contributed by atoms with E-state index in [2.05, 4.69) is 49.8 Å². The highest BCUT2D eigenvalue weighted by molar-refractivity contribution is 5.78. The summed E-state index contributed by atoms with van der Waals surface area (Å²) in [5, 5.41) is 11.5. The van der Waals surface area contributed by atoms with Crippen molar-refractivity contribution in [1.29, 1.82) is 0 Å². The number of nitrogens with zero attached hydrogens (tertiary/aromatic N) is 6.